The maximum absolute atomic E-state index is 13.1. The number of hydrogen-bond acceptors (Lipinski definition) is 10. The van der Waals surface area contributed by atoms with Crippen LogP contribution in [0.5, 0.6) is 5.75 Å². The molecule has 2 fully saturated rings. The molecule has 0 saturated carbocycles. The lowest BCUT2D eigenvalue weighted by Gasteiger charge is -2.31. The van der Waals surface area contributed by atoms with E-state index in [-0.39, 0.29) is 18.4 Å². The first-order valence-electron chi connectivity index (χ1n) is 12.6. The van der Waals surface area contributed by atoms with E-state index < -0.39 is 0 Å². The number of carbonyl (C=O) groups excluding carboxylic acids is 2. The van der Waals surface area contributed by atoms with E-state index in [0.717, 1.165) is 37.3 Å². The summed E-state index contributed by atoms with van der Waals surface area (Å²) in [5, 5.41) is 15.1. The molecule has 2 aliphatic heterocycles. The van der Waals surface area contributed by atoms with E-state index in [1.807, 2.05) is 13.0 Å². The predicted molar refractivity (Wildman–Crippen MR) is 145 cm³/mol. The van der Waals surface area contributed by atoms with Gasteiger partial charge in [-0.3, -0.25) is 24.8 Å². The van der Waals surface area contributed by atoms with Crippen molar-refractivity contribution < 1.29 is 19.1 Å². The molecular weight excluding hydrogens is 506 g/mol. The number of nitrogens with one attached hydrogen (secondary N) is 2. The molecule has 0 atom stereocenters. The number of carbonyl (C=O) groups is 2. The summed E-state index contributed by atoms with van der Waals surface area (Å²) in [4.78, 5) is 34.5. The lowest BCUT2D eigenvalue weighted by atomic mass is 10.1. The molecular formula is C26H31N7O4S. The van der Waals surface area contributed by atoms with E-state index >= 15 is 0 Å². The van der Waals surface area contributed by atoms with E-state index in [9.17, 15) is 9.59 Å². The van der Waals surface area contributed by atoms with Crippen LogP contribution in [0.1, 0.15) is 15.9 Å². The van der Waals surface area contributed by atoms with Crippen molar-refractivity contribution in [1.29, 1.82) is 0 Å². The molecule has 2 aromatic heterocycles. The van der Waals surface area contributed by atoms with Crippen LogP contribution in [-0.4, -0.2) is 96.4 Å². The molecule has 5 rings (SSSR count). The fraction of sp³-hybridized carbons (Fsp3) is 0.423. The zero-order chi connectivity index (χ0) is 26.5. The quantitative estimate of drug-likeness (QED) is 0.424. The number of pyridine rings is 1. The van der Waals surface area contributed by atoms with Gasteiger partial charge in [-0.05, 0) is 43.8 Å². The fourth-order valence-electron chi connectivity index (χ4n) is 4.12. The van der Waals surface area contributed by atoms with Gasteiger partial charge in [0.25, 0.3) is 5.91 Å². The van der Waals surface area contributed by atoms with Crippen LogP contribution in [0, 0.1) is 12.8 Å². The first kappa shape index (κ1) is 26.2. The Morgan fingerprint density at radius 3 is 2.68 bits per heavy atom. The molecule has 2 amide bonds. The standard InChI is InChI=1S/C26H31N7O4S/c1-17-5-6-27-12-20(17)25-30-31-26(38-25)29-24(35)19-3-4-22(37-16-18-14-36-15-18)21(11-19)28-23(34)13-33-9-7-32(2)8-10-33/h3-6,11-12,18H,7-10,13-16H2,1-2H3,(H,28,34)(H,29,31,35). The number of hydrogen-bond donors (Lipinski definition) is 2. The maximum atomic E-state index is 13.1. The van der Waals surface area contributed by atoms with Gasteiger partial charge >= 0.3 is 0 Å². The van der Waals surface area contributed by atoms with E-state index in [4.69, 9.17) is 9.47 Å². The van der Waals surface area contributed by atoms with Crippen LogP contribution in [0.4, 0.5) is 10.8 Å². The zero-order valence-corrected chi connectivity index (χ0v) is 22.3. The summed E-state index contributed by atoms with van der Waals surface area (Å²) in [6, 6.07) is 6.92. The Balaban J connectivity index is 1.28. The van der Waals surface area contributed by atoms with Gasteiger partial charge < -0.3 is 19.7 Å². The molecule has 0 unspecified atom stereocenters. The van der Waals surface area contributed by atoms with E-state index in [2.05, 4.69) is 42.7 Å². The van der Waals surface area contributed by atoms with E-state index in [1.165, 1.54) is 11.3 Å². The summed E-state index contributed by atoms with van der Waals surface area (Å²) in [5.41, 5.74) is 2.72. The van der Waals surface area contributed by atoms with Gasteiger partial charge in [-0.15, -0.1) is 10.2 Å². The first-order valence-corrected chi connectivity index (χ1v) is 13.4. The molecule has 4 heterocycles. The second kappa shape index (κ2) is 11.9. The number of nitrogens with zero attached hydrogens (tertiary/aromatic N) is 5. The Kier molecular flexibility index (Phi) is 8.23. The Morgan fingerprint density at radius 2 is 1.95 bits per heavy atom. The summed E-state index contributed by atoms with van der Waals surface area (Å²) in [6.07, 6.45) is 3.45. The lowest BCUT2D eigenvalue weighted by Crippen LogP contribution is -2.47. The fourth-order valence-corrected chi connectivity index (χ4v) is 4.94. The van der Waals surface area contributed by atoms with E-state index in [1.54, 1.807) is 30.6 Å². The Morgan fingerprint density at radius 1 is 1.13 bits per heavy atom. The highest BCUT2D eigenvalue weighted by molar-refractivity contribution is 7.18. The van der Waals surface area contributed by atoms with Gasteiger partial charge in [0.15, 0.2) is 5.01 Å². The molecule has 1 aromatic carbocycles. The molecule has 0 radical (unpaired) electrons. The van der Waals surface area contributed by atoms with Crippen molar-refractivity contribution in [3.63, 3.8) is 0 Å². The number of amides is 2. The first-order chi connectivity index (χ1) is 18.4. The zero-order valence-electron chi connectivity index (χ0n) is 21.5. The minimum atomic E-state index is -0.357. The van der Waals surface area contributed by atoms with Crippen LogP contribution >= 0.6 is 11.3 Å². The average Bonchev–Trinajstić information content (AvgIpc) is 3.33. The monoisotopic (exact) mass is 537 g/mol. The normalized spacial score (nSPS) is 16.6. The second-order valence-corrected chi connectivity index (χ2v) is 10.6. The second-order valence-electron chi connectivity index (χ2n) is 9.61. The van der Waals surface area contributed by atoms with E-state index in [0.29, 0.717) is 52.9 Å². The number of aryl methyl sites for hydroxylation is 1. The summed E-state index contributed by atoms with van der Waals surface area (Å²) < 4.78 is 11.2. The average molecular weight is 538 g/mol. The third-order valence-corrected chi connectivity index (χ3v) is 7.45. The SMILES string of the molecule is Cc1ccncc1-c1nnc(NC(=O)c2ccc(OCC3COC3)c(NC(=O)CN3CCN(C)CC3)c2)s1. The summed E-state index contributed by atoms with van der Waals surface area (Å²) in [6.45, 7) is 7.57. The maximum Gasteiger partial charge on any atom is 0.257 e. The molecule has 38 heavy (non-hydrogen) atoms. The van der Waals surface area contributed by atoms with Crippen LogP contribution in [0.25, 0.3) is 10.6 Å². The Bertz CT molecular complexity index is 1290. The highest BCUT2D eigenvalue weighted by Gasteiger charge is 2.22. The molecule has 11 nitrogen and oxygen atoms in total. The topological polar surface area (TPSA) is 122 Å². The number of anilines is 2. The van der Waals surface area contributed by atoms with Gasteiger partial charge in [-0.25, -0.2) is 0 Å². The summed E-state index contributed by atoms with van der Waals surface area (Å²) >= 11 is 1.27. The van der Waals surface area contributed by atoms with Crippen LogP contribution < -0.4 is 15.4 Å². The smallest absolute Gasteiger partial charge is 0.257 e. The van der Waals surface area contributed by atoms with Gasteiger partial charge in [0.1, 0.15) is 5.75 Å². The van der Waals surface area contributed by atoms with Gasteiger partial charge in [-0.1, -0.05) is 11.3 Å². The van der Waals surface area contributed by atoms with Crippen molar-refractivity contribution in [2.45, 2.75) is 6.92 Å². The predicted octanol–water partition coefficient (Wildman–Crippen LogP) is 2.37. The van der Waals surface area contributed by atoms with Gasteiger partial charge in [-0.2, -0.15) is 0 Å². The molecule has 0 aliphatic carbocycles. The molecule has 2 N–H and O–H groups in total. The third-order valence-electron chi connectivity index (χ3n) is 6.58. The minimum absolute atomic E-state index is 0.149. The molecule has 3 aromatic rings. The molecule has 12 heteroatoms. The largest absolute Gasteiger partial charge is 0.491 e. The summed E-state index contributed by atoms with van der Waals surface area (Å²) in [5.74, 6) is 0.334. The number of piperazine rings is 1. The van der Waals surface area contributed by atoms with Crippen molar-refractivity contribution in [3.8, 4) is 16.3 Å². The number of aromatic nitrogens is 3. The summed E-state index contributed by atoms with van der Waals surface area (Å²) in [7, 11) is 2.08. The Hall–Kier alpha value is -3.45. The van der Waals surface area contributed by atoms with Crippen molar-refractivity contribution in [2.24, 2.45) is 5.92 Å². The Labute approximate surface area is 225 Å². The number of benzene rings is 1. The van der Waals surface area contributed by atoms with Crippen molar-refractivity contribution >= 4 is 34.0 Å². The van der Waals surface area contributed by atoms with Crippen LogP contribution in [0.15, 0.2) is 36.7 Å². The van der Waals surface area contributed by atoms with Gasteiger partial charge in [0.2, 0.25) is 11.0 Å². The molecule has 2 aliphatic rings. The highest BCUT2D eigenvalue weighted by Crippen LogP contribution is 2.30. The highest BCUT2D eigenvalue weighted by atomic mass is 32.1. The third kappa shape index (κ3) is 6.51. The van der Waals surface area contributed by atoms with Crippen molar-refractivity contribution in [2.75, 3.05) is 70.2 Å². The number of rotatable bonds is 9. The number of likely N-dealkylation sites (N-methyl/N-ethyl adjacent to an activating group) is 1. The molecule has 0 bridgehead atoms. The molecule has 200 valence electrons. The van der Waals surface area contributed by atoms with Gasteiger partial charge in [0, 0.05) is 55.6 Å². The number of ether oxygens (including phenoxy) is 2. The van der Waals surface area contributed by atoms with Crippen LogP contribution in [0.3, 0.4) is 0 Å². The van der Waals surface area contributed by atoms with Crippen LogP contribution in [-0.2, 0) is 9.53 Å². The molecule has 0 spiro atoms. The molecule has 2 saturated heterocycles. The van der Waals surface area contributed by atoms with Crippen molar-refractivity contribution in [1.82, 2.24) is 25.0 Å². The van der Waals surface area contributed by atoms with Crippen LogP contribution in [0.2, 0.25) is 0 Å². The van der Waals surface area contributed by atoms with Gasteiger partial charge in [0.05, 0.1) is 32.1 Å². The minimum Gasteiger partial charge on any atom is -0.491 e. The lowest BCUT2D eigenvalue weighted by molar-refractivity contribution is -0.117. The van der Waals surface area contributed by atoms with Crippen molar-refractivity contribution in [3.05, 3.63) is 47.8 Å².